The quantitative estimate of drug-likeness (QED) is 0.625. The lowest BCUT2D eigenvalue weighted by Crippen LogP contribution is -2.40. The van der Waals surface area contributed by atoms with Gasteiger partial charge in [0, 0.05) is 30.8 Å². The summed E-state index contributed by atoms with van der Waals surface area (Å²) in [5, 5.41) is 0.510. The Morgan fingerprint density at radius 1 is 1.14 bits per heavy atom. The first-order chi connectivity index (χ1) is 14.2. The van der Waals surface area contributed by atoms with Gasteiger partial charge < -0.3 is 9.64 Å². The van der Waals surface area contributed by atoms with E-state index in [4.69, 9.17) is 17.0 Å². The molecule has 0 aromatic heterocycles. The van der Waals surface area contributed by atoms with Crippen molar-refractivity contribution in [3.05, 3.63) is 60.2 Å². The van der Waals surface area contributed by atoms with Gasteiger partial charge in [0.2, 0.25) is 5.11 Å². The van der Waals surface area contributed by atoms with Crippen LogP contribution in [0.25, 0.3) is 11.4 Å². The highest BCUT2D eigenvalue weighted by atomic mass is 32.1. The number of fused-ring (bicyclic) bond motifs is 3. The third-order valence-corrected chi connectivity index (χ3v) is 5.77. The second kappa shape index (κ2) is 7.36. The molecule has 8 heteroatoms. The fourth-order valence-electron chi connectivity index (χ4n) is 3.96. The van der Waals surface area contributed by atoms with Crippen LogP contribution in [0.3, 0.4) is 0 Å². The predicted octanol–water partition coefficient (Wildman–Crippen LogP) is 3.37. The number of benzene rings is 1. The molecule has 0 unspecified atom stereocenters. The summed E-state index contributed by atoms with van der Waals surface area (Å²) < 4.78 is 7.32. The van der Waals surface area contributed by atoms with Crippen molar-refractivity contribution < 1.29 is 9.53 Å². The van der Waals surface area contributed by atoms with Gasteiger partial charge in [-0.3, -0.25) is 4.57 Å². The van der Waals surface area contributed by atoms with Crippen LogP contribution in [0.5, 0.6) is 0 Å². The maximum Gasteiger partial charge on any atom is 0.410 e. The van der Waals surface area contributed by atoms with Crippen molar-refractivity contribution in [2.75, 3.05) is 13.1 Å². The van der Waals surface area contributed by atoms with E-state index in [-0.39, 0.29) is 12.0 Å². The van der Waals surface area contributed by atoms with Crippen molar-refractivity contribution in [1.82, 2.24) is 19.4 Å². The fourth-order valence-corrected chi connectivity index (χ4v) is 4.20. The average molecular weight is 405 g/mol. The molecule has 1 amide bonds. The molecule has 0 N–H and O–H groups in total. The van der Waals surface area contributed by atoms with Crippen molar-refractivity contribution in [3.8, 4) is 11.4 Å². The van der Waals surface area contributed by atoms with Gasteiger partial charge in [-0.05, 0) is 36.7 Å². The van der Waals surface area contributed by atoms with E-state index in [0.29, 0.717) is 30.6 Å². The summed E-state index contributed by atoms with van der Waals surface area (Å²) in [5.41, 5.74) is 3.92. The summed E-state index contributed by atoms with van der Waals surface area (Å²) in [4.78, 5) is 27.5. The van der Waals surface area contributed by atoms with Gasteiger partial charge in [-0.1, -0.05) is 30.3 Å². The van der Waals surface area contributed by atoms with Crippen LogP contribution in [0.15, 0.2) is 53.9 Å². The number of amides is 1. The highest BCUT2D eigenvalue weighted by Crippen LogP contribution is 2.32. The van der Waals surface area contributed by atoms with Gasteiger partial charge in [0.1, 0.15) is 12.9 Å². The van der Waals surface area contributed by atoms with Gasteiger partial charge in [-0.2, -0.15) is 0 Å². The van der Waals surface area contributed by atoms with E-state index >= 15 is 0 Å². The predicted molar refractivity (Wildman–Crippen MR) is 112 cm³/mol. The Balaban J connectivity index is 1.25. The summed E-state index contributed by atoms with van der Waals surface area (Å²) in [7, 11) is 0. The first kappa shape index (κ1) is 17.9. The van der Waals surface area contributed by atoms with Gasteiger partial charge in [0.05, 0.1) is 11.4 Å². The molecule has 1 saturated heterocycles. The van der Waals surface area contributed by atoms with E-state index in [9.17, 15) is 4.79 Å². The summed E-state index contributed by atoms with van der Waals surface area (Å²) in [6.07, 6.45) is 4.82. The molecule has 1 aromatic rings. The van der Waals surface area contributed by atoms with E-state index in [1.165, 1.54) is 0 Å². The van der Waals surface area contributed by atoms with Crippen LogP contribution >= 0.6 is 12.2 Å². The Bertz CT molecular complexity index is 1070. The molecule has 0 saturated carbocycles. The molecular weight excluding hydrogens is 386 g/mol. The largest absolute Gasteiger partial charge is 0.445 e. The maximum atomic E-state index is 12.4. The van der Waals surface area contributed by atoms with Crippen LogP contribution in [0, 0.1) is 5.92 Å². The maximum absolute atomic E-state index is 12.4. The minimum atomic E-state index is -0.266. The summed E-state index contributed by atoms with van der Waals surface area (Å²) >= 11 is 5.43. The molecular formula is C21H19N5O2S. The zero-order valence-corrected chi connectivity index (χ0v) is 16.5. The van der Waals surface area contributed by atoms with Crippen LogP contribution in [0.2, 0.25) is 0 Å². The van der Waals surface area contributed by atoms with Crippen molar-refractivity contribution in [2.45, 2.75) is 19.4 Å². The first-order valence-corrected chi connectivity index (χ1v) is 10.0. The molecule has 0 atom stereocenters. The molecule has 0 radical (unpaired) electrons. The molecule has 1 fully saturated rings. The highest BCUT2D eigenvalue weighted by molar-refractivity contribution is 7.80. The number of carbonyl (C=O) groups is 1. The topological polar surface area (TPSA) is 72.6 Å². The summed E-state index contributed by atoms with van der Waals surface area (Å²) in [6.45, 7) is 1.56. The lowest BCUT2D eigenvalue weighted by Gasteiger charge is -2.31. The number of nitrogens with zero attached hydrogens (tertiary/aromatic N) is 5. The summed E-state index contributed by atoms with van der Waals surface area (Å²) in [6, 6.07) is 11.7. The van der Waals surface area contributed by atoms with Gasteiger partial charge in [0.15, 0.2) is 5.82 Å². The highest BCUT2D eigenvalue weighted by Gasteiger charge is 2.34. The summed E-state index contributed by atoms with van der Waals surface area (Å²) in [5.74, 6) is 0.941. The van der Waals surface area contributed by atoms with Gasteiger partial charge in [-0.15, -0.1) is 0 Å². The standard InChI is InChI=1S/C21H19N5O2S/c27-21(28-12-14-4-2-1-3-5-14)25-10-7-15(8-11-25)17-18-16-6-9-22-19(16)23-13-26(18)20(29)24-17/h1-6,9,13,15H,7-8,10-12H2. The second-order valence-corrected chi connectivity index (χ2v) is 7.59. The minimum absolute atomic E-state index is 0.236. The third-order valence-electron chi connectivity index (χ3n) is 5.48. The Labute approximate surface area is 173 Å². The molecule has 4 heterocycles. The Hall–Kier alpha value is -3.13. The Kier molecular flexibility index (Phi) is 4.55. The number of likely N-dealkylation sites (tertiary alicyclic amines) is 1. The van der Waals surface area contributed by atoms with Crippen molar-refractivity contribution >= 4 is 29.1 Å². The average Bonchev–Trinajstić information content (AvgIpc) is 3.37. The Morgan fingerprint density at radius 2 is 1.93 bits per heavy atom. The minimum Gasteiger partial charge on any atom is -0.445 e. The second-order valence-electron chi connectivity index (χ2n) is 7.23. The lowest BCUT2D eigenvalue weighted by atomic mass is 9.89. The molecule has 7 nitrogen and oxygen atoms in total. The smallest absolute Gasteiger partial charge is 0.410 e. The lowest BCUT2D eigenvalue weighted by molar-refractivity contribution is 0.0865. The van der Waals surface area contributed by atoms with Gasteiger partial charge in [0.25, 0.3) is 0 Å². The fraction of sp³-hybridized carbons (Fsp3) is 0.286. The van der Waals surface area contributed by atoms with Crippen molar-refractivity contribution in [3.63, 3.8) is 0 Å². The molecule has 29 heavy (non-hydrogen) atoms. The van der Waals surface area contributed by atoms with Crippen LogP contribution in [-0.2, 0) is 11.3 Å². The molecule has 146 valence electrons. The zero-order chi connectivity index (χ0) is 19.8. The number of hydrogen-bond acceptors (Lipinski definition) is 5. The molecule has 0 bridgehead atoms. The van der Waals surface area contributed by atoms with Crippen LogP contribution < -0.4 is 0 Å². The molecule has 5 rings (SSSR count). The zero-order valence-electron chi connectivity index (χ0n) is 15.7. The molecule has 4 aliphatic heterocycles. The number of ether oxygens (including phenoxy) is 1. The van der Waals surface area contributed by atoms with E-state index in [1.807, 2.05) is 41.0 Å². The third kappa shape index (κ3) is 3.29. The number of aliphatic imine (C=N–C) groups is 1. The first-order valence-electron chi connectivity index (χ1n) is 9.61. The number of piperidine rings is 1. The normalized spacial score (nSPS) is 16.8. The van der Waals surface area contributed by atoms with E-state index in [0.717, 1.165) is 35.4 Å². The number of thiocarbonyl (C=S) groups is 1. The molecule has 0 aliphatic carbocycles. The van der Waals surface area contributed by atoms with Crippen LogP contribution in [-0.4, -0.2) is 49.4 Å². The molecule has 1 aromatic carbocycles. The number of hydrogen-bond donors (Lipinski definition) is 0. The SMILES string of the molecule is O=C(OCc1ccccc1)N1CCC(C2=NC(=S)n3cnc4nccc-4c32)CC1. The van der Waals surface area contributed by atoms with Crippen molar-refractivity contribution in [1.29, 1.82) is 0 Å². The van der Waals surface area contributed by atoms with E-state index in [2.05, 4.69) is 15.0 Å². The Morgan fingerprint density at radius 3 is 2.72 bits per heavy atom. The number of aromatic nitrogens is 3. The van der Waals surface area contributed by atoms with E-state index < -0.39 is 0 Å². The number of rotatable bonds is 3. The number of carbonyl (C=O) groups excluding carboxylic acids is 1. The van der Waals surface area contributed by atoms with Crippen LogP contribution in [0.1, 0.15) is 24.1 Å². The van der Waals surface area contributed by atoms with Gasteiger partial charge in [-0.25, -0.2) is 19.8 Å². The van der Waals surface area contributed by atoms with Crippen molar-refractivity contribution in [2.24, 2.45) is 10.9 Å². The van der Waals surface area contributed by atoms with E-state index in [1.54, 1.807) is 17.4 Å². The van der Waals surface area contributed by atoms with Gasteiger partial charge >= 0.3 is 6.09 Å². The van der Waals surface area contributed by atoms with Crippen LogP contribution in [0.4, 0.5) is 4.79 Å². The molecule has 0 spiro atoms. The molecule has 4 aliphatic rings. The monoisotopic (exact) mass is 405 g/mol.